The Morgan fingerprint density at radius 2 is 1.60 bits per heavy atom. The zero-order valence-corrected chi connectivity index (χ0v) is 9.95. The average Bonchev–Trinajstić information content (AvgIpc) is 2.87. The van der Waals surface area contributed by atoms with Crippen molar-refractivity contribution in [2.24, 2.45) is 0 Å². The van der Waals surface area contributed by atoms with Gasteiger partial charge in [-0.2, -0.15) is 5.10 Å². The molecule has 1 heterocycles. The van der Waals surface area contributed by atoms with Gasteiger partial charge in [0.25, 0.3) is 5.91 Å². The summed E-state index contributed by atoms with van der Waals surface area (Å²) in [6.45, 7) is 0. The number of aromatic amines is 1. The second-order valence-corrected chi connectivity index (χ2v) is 3.77. The molecular formula is C12H9N3O5. The molecule has 0 atom stereocenters. The molecule has 0 spiro atoms. The van der Waals surface area contributed by atoms with Crippen molar-refractivity contribution >= 4 is 23.7 Å². The number of carbonyl (C=O) groups is 3. The van der Waals surface area contributed by atoms with Gasteiger partial charge in [0.05, 0.1) is 17.3 Å². The molecule has 0 aliphatic carbocycles. The number of carboxylic acids is 2. The summed E-state index contributed by atoms with van der Waals surface area (Å²) in [5, 5.41) is 26.0. The maximum atomic E-state index is 12.0. The Kier molecular flexibility index (Phi) is 3.47. The van der Waals surface area contributed by atoms with Crippen LogP contribution < -0.4 is 5.32 Å². The van der Waals surface area contributed by atoms with E-state index in [0.29, 0.717) is 0 Å². The zero-order valence-electron chi connectivity index (χ0n) is 9.95. The maximum Gasteiger partial charge on any atom is 0.341 e. The summed E-state index contributed by atoms with van der Waals surface area (Å²) >= 11 is 0. The third-order valence-corrected chi connectivity index (χ3v) is 2.51. The van der Waals surface area contributed by atoms with Crippen molar-refractivity contribution in [2.45, 2.75) is 0 Å². The first-order valence-electron chi connectivity index (χ1n) is 5.41. The molecule has 102 valence electrons. The van der Waals surface area contributed by atoms with Crippen LogP contribution in [-0.2, 0) is 0 Å². The molecule has 8 nitrogen and oxygen atoms in total. The normalized spacial score (nSPS) is 10.0. The second-order valence-electron chi connectivity index (χ2n) is 3.77. The van der Waals surface area contributed by atoms with Crippen molar-refractivity contribution in [3.05, 3.63) is 47.2 Å². The maximum absolute atomic E-state index is 12.0. The molecule has 2 rings (SSSR count). The van der Waals surface area contributed by atoms with E-state index in [1.807, 2.05) is 0 Å². The van der Waals surface area contributed by atoms with Crippen LogP contribution in [0.5, 0.6) is 0 Å². The third-order valence-electron chi connectivity index (χ3n) is 2.51. The van der Waals surface area contributed by atoms with E-state index in [2.05, 4.69) is 15.5 Å². The van der Waals surface area contributed by atoms with E-state index in [1.54, 1.807) is 0 Å². The fourth-order valence-corrected chi connectivity index (χ4v) is 1.59. The van der Waals surface area contributed by atoms with Crippen molar-refractivity contribution in [2.75, 3.05) is 5.32 Å². The summed E-state index contributed by atoms with van der Waals surface area (Å²) in [7, 11) is 0. The molecule has 0 bridgehead atoms. The molecule has 0 fully saturated rings. The van der Waals surface area contributed by atoms with Crippen LogP contribution in [0, 0.1) is 0 Å². The zero-order chi connectivity index (χ0) is 14.7. The number of nitrogens with one attached hydrogen (secondary N) is 2. The SMILES string of the molecule is O=C(O)c1ccccc1C(=O)Nc1[nH]ncc1C(=O)O. The third kappa shape index (κ3) is 2.48. The lowest BCUT2D eigenvalue weighted by molar-refractivity contribution is 0.0684. The summed E-state index contributed by atoms with van der Waals surface area (Å²) in [5.41, 5.74) is -0.474. The Labute approximate surface area is 112 Å². The Balaban J connectivity index is 2.31. The van der Waals surface area contributed by atoms with Crippen molar-refractivity contribution in [1.82, 2.24) is 10.2 Å². The van der Waals surface area contributed by atoms with Crippen LogP contribution in [0.4, 0.5) is 5.82 Å². The smallest absolute Gasteiger partial charge is 0.341 e. The molecule has 0 unspecified atom stereocenters. The molecule has 20 heavy (non-hydrogen) atoms. The molecule has 0 aliphatic rings. The molecule has 4 N–H and O–H groups in total. The lowest BCUT2D eigenvalue weighted by Crippen LogP contribution is -2.18. The Bertz CT molecular complexity index is 692. The highest BCUT2D eigenvalue weighted by Gasteiger charge is 2.19. The molecule has 8 heteroatoms. The molecule has 1 aromatic carbocycles. The first kappa shape index (κ1) is 13.3. The van der Waals surface area contributed by atoms with Crippen LogP contribution in [0.15, 0.2) is 30.5 Å². The number of H-pyrrole nitrogens is 1. The Morgan fingerprint density at radius 1 is 1.00 bits per heavy atom. The van der Waals surface area contributed by atoms with E-state index >= 15 is 0 Å². The lowest BCUT2D eigenvalue weighted by Gasteiger charge is -2.06. The molecule has 0 aliphatic heterocycles. The highest BCUT2D eigenvalue weighted by Crippen LogP contribution is 2.15. The van der Waals surface area contributed by atoms with Crippen LogP contribution in [0.2, 0.25) is 0 Å². The fourth-order valence-electron chi connectivity index (χ4n) is 1.59. The fraction of sp³-hybridized carbons (Fsp3) is 0. The largest absolute Gasteiger partial charge is 0.478 e. The van der Waals surface area contributed by atoms with Crippen molar-refractivity contribution < 1.29 is 24.6 Å². The van der Waals surface area contributed by atoms with Gasteiger partial charge < -0.3 is 15.5 Å². The number of hydrogen-bond acceptors (Lipinski definition) is 4. The summed E-state index contributed by atoms with van der Waals surface area (Å²) in [6, 6.07) is 5.60. The van der Waals surface area contributed by atoms with Crippen LogP contribution in [0.3, 0.4) is 0 Å². The van der Waals surface area contributed by atoms with Crippen LogP contribution in [0.25, 0.3) is 0 Å². The summed E-state index contributed by atoms with van der Waals surface area (Å²) in [4.78, 5) is 33.9. The molecule has 1 amide bonds. The molecule has 0 saturated carbocycles. The Hall–Kier alpha value is -3.16. The molecule has 2 aromatic rings. The predicted octanol–water partition coefficient (Wildman–Crippen LogP) is 1.06. The number of benzene rings is 1. The minimum atomic E-state index is -1.26. The number of amides is 1. The minimum absolute atomic E-state index is 0.0778. The van der Waals surface area contributed by atoms with Gasteiger partial charge in [-0.3, -0.25) is 9.89 Å². The second kappa shape index (κ2) is 5.22. The van der Waals surface area contributed by atoms with E-state index in [1.165, 1.54) is 24.3 Å². The van der Waals surface area contributed by atoms with Crippen LogP contribution >= 0.6 is 0 Å². The van der Waals surface area contributed by atoms with Gasteiger partial charge >= 0.3 is 11.9 Å². The van der Waals surface area contributed by atoms with E-state index < -0.39 is 17.8 Å². The van der Waals surface area contributed by atoms with Gasteiger partial charge in [-0.15, -0.1) is 0 Å². The highest BCUT2D eigenvalue weighted by atomic mass is 16.4. The van der Waals surface area contributed by atoms with Gasteiger partial charge in [-0.25, -0.2) is 9.59 Å². The number of nitrogens with zero attached hydrogens (tertiary/aromatic N) is 1. The average molecular weight is 275 g/mol. The van der Waals surface area contributed by atoms with E-state index in [0.717, 1.165) is 6.20 Å². The molecule has 1 aromatic heterocycles. The number of carbonyl (C=O) groups excluding carboxylic acids is 1. The van der Waals surface area contributed by atoms with E-state index in [4.69, 9.17) is 10.2 Å². The molecular weight excluding hydrogens is 266 g/mol. The lowest BCUT2D eigenvalue weighted by atomic mass is 10.1. The highest BCUT2D eigenvalue weighted by molar-refractivity contribution is 6.11. The quantitative estimate of drug-likeness (QED) is 0.659. The monoisotopic (exact) mass is 275 g/mol. The number of rotatable bonds is 4. The van der Waals surface area contributed by atoms with Crippen molar-refractivity contribution in [3.8, 4) is 0 Å². The number of aromatic nitrogens is 2. The van der Waals surface area contributed by atoms with Gasteiger partial charge in [-0.05, 0) is 12.1 Å². The minimum Gasteiger partial charge on any atom is -0.478 e. The van der Waals surface area contributed by atoms with E-state index in [9.17, 15) is 14.4 Å². The molecule has 0 radical (unpaired) electrons. The number of carboxylic acid groups (broad SMARTS) is 2. The van der Waals surface area contributed by atoms with Gasteiger partial charge in [0, 0.05) is 0 Å². The molecule has 0 saturated heterocycles. The first-order chi connectivity index (χ1) is 9.50. The van der Waals surface area contributed by atoms with Gasteiger partial charge in [0.1, 0.15) is 11.4 Å². The Morgan fingerprint density at radius 3 is 2.20 bits per heavy atom. The first-order valence-corrected chi connectivity index (χ1v) is 5.41. The number of aromatic carboxylic acids is 2. The number of hydrogen-bond donors (Lipinski definition) is 4. The van der Waals surface area contributed by atoms with Crippen molar-refractivity contribution in [3.63, 3.8) is 0 Å². The predicted molar refractivity (Wildman–Crippen MR) is 66.9 cm³/mol. The van der Waals surface area contributed by atoms with Crippen LogP contribution in [-0.4, -0.2) is 38.3 Å². The standard InChI is InChI=1S/C12H9N3O5/c16-10(6-3-1-2-4-7(6)11(17)18)14-9-8(12(19)20)5-13-15-9/h1-5H,(H,17,18)(H,19,20)(H2,13,14,15,16). The van der Waals surface area contributed by atoms with Crippen LogP contribution in [0.1, 0.15) is 31.1 Å². The topological polar surface area (TPSA) is 132 Å². The number of anilines is 1. The summed E-state index contributed by atoms with van der Waals surface area (Å²) in [6.07, 6.45) is 1.04. The van der Waals surface area contributed by atoms with E-state index in [-0.39, 0.29) is 22.5 Å². The van der Waals surface area contributed by atoms with Crippen molar-refractivity contribution in [1.29, 1.82) is 0 Å². The van der Waals surface area contributed by atoms with Gasteiger partial charge in [-0.1, -0.05) is 12.1 Å². The van der Waals surface area contributed by atoms with Gasteiger partial charge in [0.2, 0.25) is 0 Å². The summed E-state index contributed by atoms with van der Waals surface area (Å²) < 4.78 is 0. The van der Waals surface area contributed by atoms with Gasteiger partial charge in [0.15, 0.2) is 0 Å². The summed E-state index contributed by atoms with van der Waals surface area (Å²) in [5.74, 6) is -3.36.